The number of carboxylic acids is 1. The molecule has 1 rings (SSSR count). The van der Waals surface area contributed by atoms with Gasteiger partial charge in [0.25, 0.3) is 0 Å². The van der Waals surface area contributed by atoms with Crippen molar-refractivity contribution in [3.8, 4) is 0 Å². The summed E-state index contributed by atoms with van der Waals surface area (Å²) in [5, 5.41) is 9.19. The van der Waals surface area contributed by atoms with Crippen LogP contribution < -0.4 is 0 Å². The number of carboxylic acid groups (broad SMARTS) is 1. The Bertz CT molecular complexity index is 416. The summed E-state index contributed by atoms with van der Waals surface area (Å²) in [7, 11) is 0. The lowest BCUT2D eigenvalue weighted by atomic mass is 9.86. The van der Waals surface area contributed by atoms with E-state index >= 15 is 0 Å². The van der Waals surface area contributed by atoms with E-state index in [1.807, 2.05) is 0 Å². The first-order valence-electron chi connectivity index (χ1n) is 6.26. The maximum absolute atomic E-state index is 11.2. The maximum Gasteiger partial charge on any atom is 0.309 e. The summed E-state index contributed by atoms with van der Waals surface area (Å²) < 4.78 is 0. The van der Waals surface area contributed by atoms with Crippen molar-refractivity contribution in [2.45, 2.75) is 53.9 Å². The number of H-pyrrole nitrogens is 1. The zero-order valence-corrected chi connectivity index (χ0v) is 11.5. The van der Waals surface area contributed by atoms with Gasteiger partial charge in [-0.2, -0.15) is 0 Å². The summed E-state index contributed by atoms with van der Waals surface area (Å²) in [4.78, 5) is 14.5. The number of aliphatic carboxylic acids is 1. The van der Waals surface area contributed by atoms with Crippen LogP contribution in [0.15, 0.2) is 0 Å². The van der Waals surface area contributed by atoms with Crippen molar-refractivity contribution in [3.05, 3.63) is 22.5 Å². The Labute approximate surface area is 103 Å². The minimum Gasteiger partial charge on any atom is -0.481 e. The molecule has 0 radical (unpaired) electrons. The van der Waals surface area contributed by atoms with Crippen LogP contribution in [0.25, 0.3) is 0 Å². The van der Waals surface area contributed by atoms with E-state index in [0.29, 0.717) is 6.42 Å². The van der Waals surface area contributed by atoms with Crippen LogP contribution >= 0.6 is 0 Å². The molecule has 0 saturated heterocycles. The van der Waals surface area contributed by atoms with Crippen molar-refractivity contribution >= 4 is 5.97 Å². The van der Waals surface area contributed by atoms with E-state index in [9.17, 15) is 9.90 Å². The van der Waals surface area contributed by atoms with Gasteiger partial charge in [0.15, 0.2) is 0 Å². The SMILES string of the molecule is CCc1c(C)[nH]c(CC(C)(C)C(=O)O)c1CC. The highest BCUT2D eigenvalue weighted by molar-refractivity contribution is 5.74. The highest BCUT2D eigenvalue weighted by Crippen LogP contribution is 2.27. The Balaban J connectivity index is 3.11. The molecule has 0 unspecified atom stereocenters. The first kappa shape index (κ1) is 13.8. The second-order valence-corrected chi connectivity index (χ2v) is 5.26. The van der Waals surface area contributed by atoms with Gasteiger partial charge in [-0.15, -0.1) is 0 Å². The molecule has 0 bridgehead atoms. The van der Waals surface area contributed by atoms with Crippen molar-refractivity contribution in [2.75, 3.05) is 0 Å². The normalized spacial score (nSPS) is 11.8. The molecule has 17 heavy (non-hydrogen) atoms. The average Bonchev–Trinajstić information content (AvgIpc) is 2.52. The fraction of sp³-hybridized carbons (Fsp3) is 0.643. The molecular formula is C14H23NO2. The fourth-order valence-electron chi connectivity index (χ4n) is 2.36. The minimum atomic E-state index is -0.746. The van der Waals surface area contributed by atoms with Gasteiger partial charge in [0, 0.05) is 17.8 Å². The number of rotatable bonds is 5. The smallest absolute Gasteiger partial charge is 0.309 e. The zero-order valence-electron chi connectivity index (χ0n) is 11.5. The van der Waals surface area contributed by atoms with Gasteiger partial charge in [0.2, 0.25) is 0 Å². The summed E-state index contributed by atoms with van der Waals surface area (Å²) in [5.41, 5.74) is 4.21. The number of aryl methyl sites for hydroxylation is 1. The third kappa shape index (κ3) is 2.71. The van der Waals surface area contributed by atoms with E-state index in [1.54, 1.807) is 13.8 Å². The predicted octanol–water partition coefficient (Wildman–Crippen LogP) is 3.10. The molecule has 0 fully saturated rings. The van der Waals surface area contributed by atoms with E-state index in [1.165, 1.54) is 16.8 Å². The number of aromatic amines is 1. The van der Waals surface area contributed by atoms with Crippen LogP contribution in [0.3, 0.4) is 0 Å². The van der Waals surface area contributed by atoms with Crippen LogP contribution in [0.1, 0.15) is 50.2 Å². The van der Waals surface area contributed by atoms with Crippen molar-refractivity contribution in [3.63, 3.8) is 0 Å². The molecule has 3 heteroatoms. The molecule has 0 atom stereocenters. The lowest BCUT2D eigenvalue weighted by Crippen LogP contribution is -2.26. The maximum atomic E-state index is 11.2. The number of nitrogens with one attached hydrogen (secondary N) is 1. The molecule has 0 amide bonds. The molecule has 0 spiro atoms. The van der Waals surface area contributed by atoms with Gasteiger partial charge < -0.3 is 10.1 Å². The lowest BCUT2D eigenvalue weighted by molar-refractivity contribution is -0.146. The molecule has 2 N–H and O–H groups in total. The number of aromatic nitrogens is 1. The van der Waals surface area contributed by atoms with E-state index in [-0.39, 0.29) is 0 Å². The van der Waals surface area contributed by atoms with Crippen LogP contribution in [0, 0.1) is 12.3 Å². The van der Waals surface area contributed by atoms with Gasteiger partial charge in [-0.1, -0.05) is 13.8 Å². The summed E-state index contributed by atoms with van der Waals surface area (Å²) in [6, 6.07) is 0. The van der Waals surface area contributed by atoms with Crippen LogP contribution in [0.4, 0.5) is 0 Å². The third-order valence-corrected chi connectivity index (χ3v) is 3.42. The Morgan fingerprint density at radius 3 is 2.18 bits per heavy atom. The molecule has 96 valence electrons. The molecule has 0 saturated carbocycles. The topological polar surface area (TPSA) is 53.1 Å². The lowest BCUT2D eigenvalue weighted by Gasteiger charge is -2.19. The van der Waals surface area contributed by atoms with Crippen LogP contribution in [0.5, 0.6) is 0 Å². The van der Waals surface area contributed by atoms with Crippen molar-refractivity contribution in [1.29, 1.82) is 0 Å². The van der Waals surface area contributed by atoms with Crippen molar-refractivity contribution in [2.24, 2.45) is 5.41 Å². The standard InChI is InChI=1S/C14H23NO2/c1-6-10-9(3)15-12(11(10)7-2)8-14(4,5)13(16)17/h15H,6-8H2,1-5H3,(H,16,17). The molecule has 1 aromatic rings. The molecule has 1 heterocycles. The highest BCUT2D eigenvalue weighted by Gasteiger charge is 2.29. The number of hydrogen-bond donors (Lipinski definition) is 2. The van der Waals surface area contributed by atoms with Gasteiger partial charge in [0.05, 0.1) is 5.41 Å². The van der Waals surface area contributed by atoms with Gasteiger partial charge >= 0.3 is 5.97 Å². The van der Waals surface area contributed by atoms with Crippen molar-refractivity contribution in [1.82, 2.24) is 4.98 Å². The molecule has 3 nitrogen and oxygen atoms in total. The Hall–Kier alpha value is -1.25. The molecule has 1 aromatic heterocycles. The second kappa shape index (κ2) is 4.94. The zero-order chi connectivity index (χ0) is 13.2. The average molecular weight is 237 g/mol. The first-order chi connectivity index (χ1) is 7.83. The summed E-state index contributed by atoms with van der Waals surface area (Å²) >= 11 is 0. The van der Waals surface area contributed by atoms with Crippen LogP contribution in [-0.2, 0) is 24.1 Å². The molecular weight excluding hydrogens is 214 g/mol. The van der Waals surface area contributed by atoms with Gasteiger partial charge in [-0.25, -0.2) is 0 Å². The predicted molar refractivity (Wildman–Crippen MR) is 69.4 cm³/mol. The first-order valence-corrected chi connectivity index (χ1v) is 6.26. The molecule has 0 aliphatic rings. The van der Waals surface area contributed by atoms with Crippen molar-refractivity contribution < 1.29 is 9.90 Å². The van der Waals surface area contributed by atoms with Crippen LogP contribution in [-0.4, -0.2) is 16.1 Å². The van der Waals surface area contributed by atoms with E-state index < -0.39 is 11.4 Å². The molecule has 0 aromatic carbocycles. The van der Waals surface area contributed by atoms with E-state index in [4.69, 9.17) is 0 Å². The third-order valence-electron chi connectivity index (χ3n) is 3.42. The Morgan fingerprint density at radius 2 is 1.76 bits per heavy atom. The van der Waals surface area contributed by atoms with E-state index in [0.717, 1.165) is 18.5 Å². The largest absolute Gasteiger partial charge is 0.481 e. The summed E-state index contributed by atoms with van der Waals surface area (Å²) in [5.74, 6) is -0.746. The second-order valence-electron chi connectivity index (χ2n) is 5.26. The van der Waals surface area contributed by atoms with Gasteiger partial charge in [0.1, 0.15) is 0 Å². The van der Waals surface area contributed by atoms with E-state index in [2.05, 4.69) is 25.8 Å². The monoisotopic (exact) mass is 237 g/mol. The number of carbonyl (C=O) groups is 1. The molecule has 0 aliphatic carbocycles. The minimum absolute atomic E-state index is 0.562. The summed E-state index contributed by atoms with van der Waals surface area (Å²) in [6.07, 6.45) is 2.52. The summed E-state index contributed by atoms with van der Waals surface area (Å²) in [6.45, 7) is 9.88. The number of hydrogen-bond acceptors (Lipinski definition) is 1. The fourth-order valence-corrected chi connectivity index (χ4v) is 2.36. The Morgan fingerprint density at radius 1 is 1.24 bits per heavy atom. The van der Waals surface area contributed by atoms with Gasteiger partial charge in [-0.05, 0) is 44.7 Å². The van der Waals surface area contributed by atoms with Gasteiger partial charge in [-0.3, -0.25) is 4.79 Å². The quantitative estimate of drug-likeness (QED) is 0.826. The van der Waals surface area contributed by atoms with Crippen LogP contribution in [0.2, 0.25) is 0 Å². The Kier molecular flexibility index (Phi) is 4.02. The highest BCUT2D eigenvalue weighted by atomic mass is 16.4. The molecule has 0 aliphatic heterocycles.